The molecule has 0 saturated carbocycles. The largest absolute Gasteiger partial charge is 0.493 e. The molecule has 0 aliphatic heterocycles. The van der Waals surface area contributed by atoms with Crippen molar-refractivity contribution >= 4 is 23.6 Å². The molecule has 0 radical (unpaired) electrons. The molecule has 0 bridgehead atoms. The van der Waals surface area contributed by atoms with E-state index in [-0.39, 0.29) is 6.61 Å². The Hall–Kier alpha value is -2.90. The Morgan fingerprint density at radius 3 is 2.76 bits per heavy atom. The summed E-state index contributed by atoms with van der Waals surface area (Å²) in [6.45, 7) is 0.269. The average molecular weight is 357 g/mol. The van der Waals surface area contributed by atoms with E-state index in [1.807, 2.05) is 24.3 Å². The normalized spacial score (nSPS) is 10.3. The van der Waals surface area contributed by atoms with Crippen molar-refractivity contribution in [2.75, 3.05) is 13.7 Å². The summed E-state index contributed by atoms with van der Waals surface area (Å²) >= 11 is 6.12. The van der Waals surface area contributed by atoms with Crippen LogP contribution in [0.5, 0.6) is 11.5 Å². The maximum absolute atomic E-state index is 11.4. The third kappa shape index (κ3) is 5.59. The molecule has 0 amide bonds. The molecule has 0 heterocycles. The minimum Gasteiger partial charge on any atom is -0.493 e. The van der Waals surface area contributed by atoms with Crippen molar-refractivity contribution in [3.63, 3.8) is 0 Å². The number of esters is 1. The molecule has 2 aromatic carbocycles. The van der Waals surface area contributed by atoms with E-state index in [4.69, 9.17) is 32.2 Å². The number of benzene rings is 2. The number of halogens is 1. The number of rotatable bonds is 7. The molecule has 0 saturated heterocycles. The van der Waals surface area contributed by atoms with Gasteiger partial charge in [0, 0.05) is 16.7 Å². The molecule has 25 heavy (non-hydrogen) atoms. The summed E-state index contributed by atoms with van der Waals surface area (Å²) in [7, 11) is 1.55. The average Bonchev–Trinajstić information content (AvgIpc) is 2.64. The van der Waals surface area contributed by atoms with E-state index in [0.717, 1.165) is 11.1 Å². The van der Waals surface area contributed by atoms with Gasteiger partial charge in [0.05, 0.1) is 7.11 Å². The molecule has 0 spiro atoms. The van der Waals surface area contributed by atoms with E-state index in [2.05, 4.69) is 5.92 Å². The molecular weight excluding hydrogens is 340 g/mol. The Kier molecular flexibility index (Phi) is 6.94. The highest BCUT2D eigenvalue weighted by Gasteiger charge is 2.07. The van der Waals surface area contributed by atoms with Crippen LogP contribution < -0.4 is 9.47 Å². The van der Waals surface area contributed by atoms with Crippen LogP contribution in [0, 0.1) is 12.3 Å². The summed E-state index contributed by atoms with van der Waals surface area (Å²) in [5.41, 5.74) is 1.64. The van der Waals surface area contributed by atoms with E-state index < -0.39 is 5.97 Å². The number of hydrogen-bond acceptors (Lipinski definition) is 4. The fourth-order valence-corrected chi connectivity index (χ4v) is 2.19. The van der Waals surface area contributed by atoms with Crippen molar-refractivity contribution in [2.45, 2.75) is 6.61 Å². The Balaban J connectivity index is 2.06. The van der Waals surface area contributed by atoms with E-state index in [1.165, 1.54) is 6.08 Å². The van der Waals surface area contributed by atoms with Gasteiger partial charge in [0.2, 0.25) is 0 Å². The zero-order chi connectivity index (χ0) is 18.1. The monoisotopic (exact) mass is 356 g/mol. The Labute approximate surface area is 152 Å². The SMILES string of the molecule is C#CCOC(=O)/C=C/c1ccc(OCc2ccccc2Cl)c(OC)c1. The molecule has 0 aromatic heterocycles. The summed E-state index contributed by atoms with van der Waals surface area (Å²) in [4.78, 5) is 11.4. The van der Waals surface area contributed by atoms with Crippen molar-refractivity contribution in [1.82, 2.24) is 0 Å². The lowest BCUT2D eigenvalue weighted by Crippen LogP contribution is -2.00. The van der Waals surface area contributed by atoms with Gasteiger partial charge >= 0.3 is 5.97 Å². The van der Waals surface area contributed by atoms with Crippen molar-refractivity contribution < 1.29 is 19.0 Å². The highest BCUT2D eigenvalue weighted by molar-refractivity contribution is 6.31. The third-order valence-corrected chi connectivity index (χ3v) is 3.61. The topological polar surface area (TPSA) is 44.8 Å². The van der Waals surface area contributed by atoms with Crippen LogP contribution in [0.15, 0.2) is 48.5 Å². The van der Waals surface area contributed by atoms with Gasteiger partial charge in [0.1, 0.15) is 6.61 Å². The van der Waals surface area contributed by atoms with Crippen LogP contribution in [0.25, 0.3) is 6.08 Å². The lowest BCUT2D eigenvalue weighted by molar-refractivity contribution is -0.136. The van der Waals surface area contributed by atoms with Crippen LogP contribution in [-0.2, 0) is 16.1 Å². The predicted molar refractivity (Wildman–Crippen MR) is 97.6 cm³/mol. The van der Waals surface area contributed by atoms with Gasteiger partial charge in [0.15, 0.2) is 18.1 Å². The van der Waals surface area contributed by atoms with Gasteiger partial charge in [-0.1, -0.05) is 41.8 Å². The highest BCUT2D eigenvalue weighted by atomic mass is 35.5. The van der Waals surface area contributed by atoms with Crippen molar-refractivity contribution in [3.8, 4) is 23.8 Å². The van der Waals surface area contributed by atoms with E-state index in [1.54, 1.807) is 31.4 Å². The van der Waals surface area contributed by atoms with Crippen LogP contribution >= 0.6 is 11.6 Å². The number of hydrogen-bond donors (Lipinski definition) is 0. The van der Waals surface area contributed by atoms with Crippen LogP contribution in [0.4, 0.5) is 0 Å². The molecule has 0 unspecified atom stereocenters. The lowest BCUT2D eigenvalue weighted by Gasteiger charge is -2.12. The second-order valence-corrected chi connectivity index (χ2v) is 5.34. The number of carbonyl (C=O) groups is 1. The van der Waals surface area contributed by atoms with Gasteiger partial charge in [-0.25, -0.2) is 4.79 Å². The molecule has 2 rings (SSSR count). The summed E-state index contributed by atoms with van der Waals surface area (Å²) in [6.07, 6.45) is 7.94. The molecule has 0 N–H and O–H groups in total. The smallest absolute Gasteiger partial charge is 0.331 e. The first-order valence-electron chi connectivity index (χ1n) is 7.46. The fraction of sp³-hybridized carbons (Fsp3) is 0.150. The van der Waals surface area contributed by atoms with Gasteiger partial charge in [-0.3, -0.25) is 0 Å². The van der Waals surface area contributed by atoms with E-state index in [9.17, 15) is 4.79 Å². The van der Waals surface area contributed by atoms with Crippen molar-refractivity contribution in [2.24, 2.45) is 0 Å². The summed E-state index contributed by atoms with van der Waals surface area (Å²) in [6, 6.07) is 12.8. The van der Waals surface area contributed by atoms with Gasteiger partial charge in [0.25, 0.3) is 0 Å². The first-order chi connectivity index (χ1) is 12.1. The molecule has 0 aliphatic rings. The summed E-state index contributed by atoms with van der Waals surface area (Å²) in [5, 5.41) is 0.645. The van der Waals surface area contributed by atoms with Crippen LogP contribution in [0.1, 0.15) is 11.1 Å². The second kappa shape index (κ2) is 9.41. The Morgan fingerprint density at radius 2 is 2.04 bits per heavy atom. The predicted octanol–water partition coefficient (Wildman–Crippen LogP) is 4.12. The summed E-state index contributed by atoms with van der Waals surface area (Å²) in [5.74, 6) is 2.85. The van der Waals surface area contributed by atoms with Crippen LogP contribution in [-0.4, -0.2) is 19.7 Å². The van der Waals surface area contributed by atoms with Gasteiger partial charge in [-0.2, -0.15) is 0 Å². The van der Waals surface area contributed by atoms with Gasteiger partial charge < -0.3 is 14.2 Å². The zero-order valence-corrected chi connectivity index (χ0v) is 14.5. The molecule has 5 heteroatoms. The maximum atomic E-state index is 11.4. The van der Waals surface area contributed by atoms with Crippen LogP contribution in [0.2, 0.25) is 5.02 Å². The van der Waals surface area contributed by atoms with Crippen molar-refractivity contribution in [3.05, 3.63) is 64.7 Å². The van der Waals surface area contributed by atoms with Crippen molar-refractivity contribution in [1.29, 1.82) is 0 Å². The Morgan fingerprint density at radius 1 is 1.24 bits per heavy atom. The van der Waals surface area contributed by atoms with E-state index in [0.29, 0.717) is 23.1 Å². The fourth-order valence-electron chi connectivity index (χ4n) is 2.00. The maximum Gasteiger partial charge on any atom is 0.331 e. The quantitative estimate of drug-likeness (QED) is 0.425. The molecule has 0 fully saturated rings. The molecule has 0 aliphatic carbocycles. The number of methoxy groups -OCH3 is 1. The number of terminal acetylenes is 1. The molecule has 4 nitrogen and oxygen atoms in total. The third-order valence-electron chi connectivity index (χ3n) is 3.24. The molecule has 2 aromatic rings. The van der Waals surface area contributed by atoms with E-state index >= 15 is 0 Å². The second-order valence-electron chi connectivity index (χ2n) is 4.94. The molecule has 128 valence electrons. The zero-order valence-electron chi connectivity index (χ0n) is 13.7. The Bertz CT molecular complexity index is 806. The summed E-state index contributed by atoms with van der Waals surface area (Å²) < 4.78 is 15.9. The van der Waals surface area contributed by atoms with Gasteiger partial charge in [-0.05, 0) is 29.8 Å². The minimum atomic E-state index is -0.504. The standard InChI is InChI=1S/C20H17ClO4/c1-3-12-24-20(22)11-9-15-8-10-18(19(13-15)23-2)25-14-16-6-4-5-7-17(16)21/h1,4-11,13H,12,14H2,2H3/b11-9+. The highest BCUT2D eigenvalue weighted by Crippen LogP contribution is 2.30. The van der Waals surface area contributed by atoms with Crippen LogP contribution in [0.3, 0.4) is 0 Å². The number of ether oxygens (including phenoxy) is 3. The first kappa shape index (κ1) is 18.4. The van der Waals surface area contributed by atoms with Gasteiger partial charge in [-0.15, -0.1) is 6.42 Å². The molecular formula is C20H17ClO4. The molecule has 0 atom stereocenters. The first-order valence-corrected chi connectivity index (χ1v) is 7.84. The number of carbonyl (C=O) groups excluding carboxylic acids is 1. The lowest BCUT2D eigenvalue weighted by atomic mass is 10.2. The minimum absolute atomic E-state index is 0.0542.